The number of hydrogen-bond acceptors (Lipinski definition) is 7. The van der Waals surface area contributed by atoms with Crippen molar-refractivity contribution in [1.82, 2.24) is 5.48 Å². The number of aryl methyl sites for hydroxylation is 1. The van der Waals surface area contributed by atoms with Crippen LogP contribution in [0.4, 0.5) is 17.6 Å². The lowest BCUT2D eigenvalue weighted by molar-refractivity contribution is -0.275. The lowest BCUT2D eigenvalue weighted by atomic mass is 9.97. The van der Waals surface area contributed by atoms with Gasteiger partial charge in [-0.15, -0.1) is 13.2 Å². The SMILES string of the molecule is CONC(C(=O)OC)c1cccc(C)c1CO/N=C(\C)c1ccc(Cl)c(F)c1OC(F)(F)F. The van der Waals surface area contributed by atoms with Crippen LogP contribution in [0, 0.1) is 12.7 Å². The Kier molecular flexibility index (Phi) is 9.03. The van der Waals surface area contributed by atoms with Gasteiger partial charge >= 0.3 is 12.3 Å². The molecule has 0 aliphatic carbocycles. The summed E-state index contributed by atoms with van der Waals surface area (Å²) in [6.07, 6.45) is -5.14. The third kappa shape index (κ3) is 6.80. The second-order valence-corrected chi connectivity index (χ2v) is 7.06. The molecule has 0 amide bonds. The van der Waals surface area contributed by atoms with Gasteiger partial charge in [0, 0.05) is 11.1 Å². The van der Waals surface area contributed by atoms with Crippen molar-refractivity contribution in [3.05, 3.63) is 63.4 Å². The third-order valence-electron chi connectivity index (χ3n) is 4.50. The van der Waals surface area contributed by atoms with E-state index in [4.69, 9.17) is 26.0 Å². The number of hydroxylamine groups is 1. The van der Waals surface area contributed by atoms with Gasteiger partial charge in [0.2, 0.25) is 0 Å². The normalized spacial score (nSPS) is 12.9. The second-order valence-electron chi connectivity index (χ2n) is 6.66. The highest BCUT2D eigenvalue weighted by Gasteiger charge is 2.34. The second kappa shape index (κ2) is 11.3. The minimum Gasteiger partial charge on any atom is -0.468 e. The molecule has 0 radical (unpaired) electrons. The summed E-state index contributed by atoms with van der Waals surface area (Å²) in [6.45, 7) is 2.92. The van der Waals surface area contributed by atoms with E-state index in [1.807, 2.05) is 0 Å². The summed E-state index contributed by atoms with van der Waals surface area (Å²) in [4.78, 5) is 22.4. The van der Waals surface area contributed by atoms with Crippen LogP contribution < -0.4 is 10.2 Å². The van der Waals surface area contributed by atoms with Gasteiger partial charge < -0.3 is 19.1 Å². The fourth-order valence-corrected chi connectivity index (χ4v) is 3.09. The molecule has 2 aromatic rings. The van der Waals surface area contributed by atoms with Crippen LogP contribution in [0.5, 0.6) is 5.75 Å². The zero-order valence-corrected chi connectivity index (χ0v) is 18.8. The van der Waals surface area contributed by atoms with Crippen LogP contribution in [-0.4, -0.2) is 32.3 Å². The topological polar surface area (TPSA) is 78.4 Å². The first kappa shape index (κ1) is 26.4. The highest BCUT2D eigenvalue weighted by atomic mass is 35.5. The number of oxime groups is 1. The van der Waals surface area contributed by atoms with Crippen LogP contribution in [0.3, 0.4) is 0 Å². The highest BCUT2D eigenvalue weighted by Crippen LogP contribution is 2.34. The Morgan fingerprint density at radius 1 is 1.21 bits per heavy atom. The van der Waals surface area contributed by atoms with Gasteiger partial charge in [0.05, 0.1) is 25.0 Å². The molecule has 1 N–H and O–H groups in total. The zero-order chi connectivity index (χ0) is 24.8. The van der Waals surface area contributed by atoms with Crippen molar-refractivity contribution in [2.45, 2.75) is 32.9 Å². The monoisotopic (exact) mass is 492 g/mol. The van der Waals surface area contributed by atoms with Crippen molar-refractivity contribution in [3.63, 3.8) is 0 Å². The Balaban J connectivity index is 2.35. The summed E-state index contributed by atoms with van der Waals surface area (Å²) in [7, 11) is 2.56. The van der Waals surface area contributed by atoms with Gasteiger partial charge in [0.15, 0.2) is 17.6 Å². The molecular weight excluding hydrogens is 472 g/mol. The van der Waals surface area contributed by atoms with Crippen LogP contribution in [-0.2, 0) is 25.8 Å². The molecule has 0 saturated heterocycles. The molecule has 33 heavy (non-hydrogen) atoms. The molecule has 7 nitrogen and oxygen atoms in total. The van der Waals surface area contributed by atoms with Gasteiger partial charge in [-0.25, -0.2) is 9.18 Å². The fraction of sp³-hybridized carbons (Fsp3) is 0.333. The number of hydrogen-bond donors (Lipinski definition) is 1. The van der Waals surface area contributed by atoms with Gasteiger partial charge in [-0.2, -0.15) is 5.48 Å². The number of halogens is 5. The lowest BCUT2D eigenvalue weighted by Crippen LogP contribution is -2.30. The number of esters is 1. The summed E-state index contributed by atoms with van der Waals surface area (Å²) >= 11 is 5.58. The molecule has 180 valence electrons. The van der Waals surface area contributed by atoms with Gasteiger partial charge in [0.1, 0.15) is 6.61 Å². The number of nitrogens with one attached hydrogen (secondary N) is 1. The average Bonchev–Trinajstić information content (AvgIpc) is 2.75. The number of alkyl halides is 3. The molecular formula is C21H21ClF4N2O5. The molecule has 1 unspecified atom stereocenters. The number of rotatable bonds is 9. The predicted octanol–water partition coefficient (Wildman–Crippen LogP) is 4.99. The number of methoxy groups -OCH3 is 1. The molecule has 12 heteroatoms. The smallest absolute Gasteiger partial charge is 0.468 e. The quantitative estimate of drug-likeness (QED) is 0.230. The Bertz CT molecular complexity index is 1030. The maximum Gasteiger partial charge on any atom is 0.573 e. The lowest BCUT2D eigenvalue weighted by Gasteiger charge is -2.19. The molecule has 0 heterocycles. The first-order valence-electron chi connectivity index (χ1n) is 9.35. The molecule has 0 aliphatic rings. The van der Waals surface area contributed by atoms with E-state index in [0.717, 1.165) is 17.7 Å². The molecule has 0 aromatic heterocycles. The maximum atomic E-state index is 14.2. The van der Waals surface area contributed by atoms with E-state index in [9.17, 15) is 22.4 Å². The summed E-state index contributed by atoms with van der Waals surface area (Å²) < 4.78 is 61.0. The molecule has 0 fully saturated rings. The third-order valence-corrected chi connectivity index (χ3v) is 4.79. The summed E-state index contributed by atoms with van der Waals surface area (Å²) in [6, 6.07) is 6.37. The van der Waals surface area contributed by atoms with Crippen molar-refractivity contribution in [2.24, 2.45) is 5.16 Å². The fourth-order valence-electron chi connectivity index (χ4n) is 2.94. The van der Waals surface area contributed by atoms with Crippen molar-refractivity contribution in [3.8, 4) is 5.75 Å². The predicted molar refractivity (Wildman–Crippen MR) is 111 cm³/mol. The van der Waals surface area contributed by atoms with E-state index < -0.39 is 35.0 Å². The maximum absolute atomic E-state index is 14.2. The molecule has 0 aliphatic heterocycles. The molecule has 2 rings (SSSR count). The Hall–Kier alpha value is -2.89. The minimum absolute atomic E-state index is 0.0977. The summed E-state index contributed by atoms with van der Waals surface area (Å²) in [5.74, 6) is -3.12. The highest BCUT2D eigenvalue weighted by molar-refractivity contribution is 6.31. The number of carbonyl (C=O) groups is 1. The van der Waals surface area contributed by atoms with Crippen LogP contribution in [0.25, 0.3) is 0 Å². The van der Waals surface area contributed by atoms with E-state index in [2.05, 4.69) is 15.4 Å². The standard InChI is InChI=1S/C21H21ClF4N2O5/c1-11-6-5-7-14(18(28-31-4)20(29)30-3)15(11)10-32-27-12(2)13-8-9-16(22)17(23)19(13)33-21(24,25)26/h5-9,18,28H,10H2,1-4H3/b27-12+. The van der Waals surface area contributed by atoms with Crippen molar-refractivity contribution in [2.75, 3.05) is 14.2 Å². The first-order valence-corrected chi connectivity index (χ1v) is 9.73. The number of nitrogens with zero attached hydrogens (tertiary/aromatic N) is 1. The van der Waals surface area contributed by atoms with Crippen molar-refractivity contribution >= 4 is 23.3 Å². The van der Waals surface area contributed by atoms with E-state index in [-0.39, 0.29) is 17.9 Å². The Labute approximate surface area is 192 Å². The molecule has 0 bridgehead atoms. The van der Waals surface area contributed by atoms with Crippen molar-refractivity contribution < 1.29 is 41.5 Å². The van der Waals surface area contributed by atoms with Crippen LogP contribution in [0.2, 0.25) is 5.02 Å². The minimum atomic E-state index is -5.14. The van der Waals surface area contributed by atoms with E-state index in [1.54, 1.807) is 25.1 Å². The Morgan fingerprint density at radius 2 is 1.91 bits per heavy atom. The van der Waals surface area contributed by atoms with Crippen molar-refractivity contribution in [1.29, 1.82) is 0 Å². The number of ether oxygens (including phenoxy) is 2. The van der Waals surface area contributed by atoms with Crippen LogP contribution in [0.15, 0.2) is 35.5 Å². The Morgan fingerprint density at radius 3 is 2.52 bits per heavy atom. The van der Waals surface area contributed by atoms with Gasteiger partial charge in [-0.3, -0.25) is 0 Å². The van der Waals surface area contributed by atoms with Gasteiger partial charge in [-0.05, 0) is 37.1 Å². The summed E-state index contributed by atoms with van der Waals surface area (Å²) in [5.41, 5.74) is 3.93. The van der Waals surface area contributed by atoms with Crippen LogP contribution >= 0.6 is 11.6 Å². The van der Waals surface area contributed by atoms with E-state index in [0.29, 0.717) is 11.1 Å². The van der Waals surface area contributed by atoms with Gasteiger partial charge in [-0.1, -0.05) is 35.0 Å². The van der Waals surface area contributed by atoms with E-state index >= 15 is 0 Å². The molecule has 0 saturated carbocycles. The zero-order valence-electron chi connectivity index (χ0n) is 18.0. The first-order chi connectivity index (χ1) is 15.5. The molecule has 0 spiro atoms. The average molecular weight is 493 g/mol. The molecule has 2 aromatic carbocycles. The number of carbonyl (C=O) groups excluding carboxylic acids is 1. The van der Waals surface area contributed by atoms with Crippen LogP contribution in [0.1, 0.15) is 35.2 Å². The van der Waals surface area contributed by atoms with Gasteiger partial charge in [0.25, 0.3) is 0 Å². The number of benzene rings is 2. The largest absolute Gasteiger partial charge is 0.573 e. The summed E-state index contributed by atoms with van der Waals surface area (Å²) in [5, 5.41) is 3.25. The van der Waals surface area contributed by atoms with E-state index in [1.165, 1.54) is 21.1 Å². The molecule has 1 atom stereocenters.